The van der Waals surface area contributed by atoms with E-state index in [4.69, 9.17) is 0 Å². The number of tetrazole rings is 1. The van der Waals surface area contributed by atoms with Crippen molar-refractivity contribution in [3.8, 4) is 22.5 Å². The molecule has 0 amide bonds. The second-order valence-electron chi connectivity index (χ2n) is 5.35. The van der Waals surface area contributed by atoms with Gasteiger partial charge in [0.25, 0.3) is 0 Å². The van der Waals surface area contributed by atoms with E-state index in [1.807, 2.05) is 84.9 Å². The van der Waals surface area contributed by atoms with Crippen molar-refractivity contribution in [1.29, 1.82) is 0 Å². The first-order chi connectivity index (χ1) is 11.8. The van der Waals surface area contributed by atoms with E-state index in [9.17, 15) is 4.79 Å². The fourth-order valence-electron chi connectivity index (χ4n) is 2.66. The highest BCUT2D eigenvalue weighted by atomic mass is 16.2. The van der Waals surface area contributed by atoms with Gasteiger partial charge in [-0.05, 0) is 39.3 Å². The number of nitrogens with zero attached hydrogens (tertiary/aromatic N) is 3. The molecule has 0 bridgehead atoms. The Kier molecular flexibility index (Phi) is 3.51. The molecule has 0 saturated carbocycles. The molecule has 0 saturated heterocycles. The van der Waals surface area contributed by atoms with Gasteiger partial charge in [0.15, 0.2) is 11.4 Å². The molecule has 1 heterocycles. The molecule has 0 unspecified atom stereocenters. The zero-order chi connectivity index (χ0) is 16.4. The Balaban J connectivity index is 1.86. The van der Waals surface area contributed by atoms with Crippen molar-refractivity contribution < 1.29 is 4.80 Å². The van der Waals surface area contributed by atoms with Crippen LogP contribution in [0.1, 0.15) is 0 Å². The number of aromatic nitrogens is 4. The van der Waals surface area contributed by atoms with E-state index >= 15 is 0 Å². The summed E-state index contributed by atoms with van der Waals surface area (Å²) in [6.45, 7) is 0. The zero-order valence-electron chi connectivity index (χ0n) is 12.8. The number of rotatable bonds is 3. The van der Waals surface area contributed by atoms with Crippen molar-refractivity contribution in [3.63, 3.8) is 0 Å². The van der Waals surface area contributed by atoms with Gasteiger partial charge in [-0.25, -0.2) is 4.79 Å². The summed E-state index contributed by atoms with van der Waals surface area (Å²) in [5.74, 6) is 0. The average molecular weight is 315 g/mol. The Morgan fingerprint density at radius 2 is 1.42 bits per heavy atom. The Labute approximate surface area is 138 Å². The lowest BCUT2D eigenvalue weighted by Gasteiger charge is -2.03. The van der Waals surface area contributed by atoms with Crippen LogP contribution in [0.15, 0.2) is 89.7 Å². The van der Waals surface area contributed by atoms with Gasteiger partial charge in [-0.2, -0.15) is 0 Å². The summed E-state index contributed by atoms with van der Waals surface area (Å²) in [4.78, 5) is 13.8. The molecule has 0 aliphatic heterocycles. The standard InChI is InChI=1S/C19H14N4O/c24-19-20-23(21-22(19)16-11-5-2-6-12-16)18-14-8-7-13-17(18)15-9-3-1-4-10-15/h1-14H/p+1. The molecule has 3 aromatic carbocycles. The molecule has 0 fully saturated rings. The third-order valence-electron chi connectivity index (χ3n) is 3.79. The molecular formula is C19H15N4O+. The van der Waals surface area contributed by atoms with Crippen LogP contribution in [-0.2, 0) is 0 Å². The summed E-state index contributed by atoms with van der Waals surface area (Å²) in [6, 6.07) is 27.2. The number of benzene rings is 3. The Bertz CT molecular complexity index is 1020. The number of hydrogen-bond acceptors (Lipinski definition) is 2. The summed E-state index contributed by atoms with van der Waals surface area (Å²) < 4.78 is 1.35. The minimum Gasteiger partial charge on any atom is -0.214 e. The Hall–Kier alpha value is -3.47. The van der Waals surface area contributed by atoms with Crippen molar-refractivity contribution in [3.05, 3.63) is 95.4 Å². The van der Waals surface area contributed by atoms with Crippen LogP contribution < -0.4 is 10.5 Å². The molecule has 4 aromatic rings. The molecule has 116 valence electrons. The fourth-order valence-corrected chi connectivity index (χ4v) is 2.66. The highest BCUT2D eigenvalue weighted by Crippen LogP contribution is 2.22. The van der Waals surface area contributed by atoms with Gasteiger partial charge in [-0.15, -0.1) is 5.10 Å². The maximum absolute atomic E-state index is 12.3. The van der Waals surface area contributed by atoms with Gasteiger partial charge in [-0.3, -0.25) is 0 Å². The summed E-state index contributed by atoms with van der Waals surface area (Å²) >= 11 is 0. The van der Waals surface area contributed by atoms with E-state index < -0.39 is 0 Å². The summed E-state index contributed by atoms with van der Waals surface area (Å²) in [5.41, 5.74) is 3.31. The third-order valence-corrected chi connectivity index (χ3v) is 3.79. The summed E-state index contributed by atoms with van der Waals surface area (Å²) in [5, 5.41) is 7.18. The van der Waals surface area contributed by atoms with Crippen LogP contribution in [-0.4, -0.2) is 15.0 Å². The SMILES string of the molecule is O=c1[nH][n+](-c2ccccc2-c2ccccc2)nn1-c1ccccc1. The lowest BCUT2D eigenvalue weighted by Crippen LogP contribution is -2.38. The predicted molar refractivity (Wildman–Crippen MR) is 91.2 cm³/mol. The normalized spacial score (nSPS) is 10.7. The van der Waals surface area contributed by atoms with E-state index in [1.165, 1.54) is 9.48 Å². The topological polar surface area (TPSA) is 54.6 Å². The molecule has 4 rings (SSSR count). The molecule has 0 aliphatic rings. The van der Waals surface area contributed by atoms with Crippen molar-refractivity contribution >= 4 is 0 Å². The molecule has 0 spiro atoms. The first-order valence-corrected chi connectivity index (χ1v) is 7.65. The van der Waals surface area contributed by atoms with Gasteiger partial charge in [-0.1, -0.05) is 60.7 Å². The number of aromatic amines is 1. The van der Waals surface area contributed by atoms with Crippen LogP contribution in [0.2, 0.25) is 0 Å². The number of H-pyrrole nitrogens is 1. The van der Waals surface area contributed by atoms with Crippen LogP contribution in [0, 0.1) is 0 Å². The largest absolute Gasteiger partial charge is 0.471 e. The van der Waals surface area contributed by atoms with E-state index in [0.717, 1.165) is 22.5 Å². The molecule has 0 aliphatic carbocycles. The van der Waals surface area contributed by atoms with E-state index in [0.29, 0.717) is 0 Å². The first-order valence-electron chi connectivity index (χ1n) is 7.65. The highest BCUT2D eigenvalue weighted by molar-refractivity contribution is 5.70. The first kappa shape index (κ1) is 14.1. The molecule has 5 heteroatoms. The van der Waals surface area contributed by atoms with Gasteiger partial charge >= 0.3 is 5.69 Å². The predicted octanol–water partition coefficient (Wildman–Crippen LogP) is 2.50. The van der Waals surface area contributed by atoms with Gasteiger partial charge in [0.2, 0.25) is 0 Å². The second kappa shape index (κ2) is 5.96. The Morgan fingerprint density at radius 1 is 0.792 bits per heavy atom. The van der Waals surface area contributed by atoms with Gasteiger partial charge in [0.1, 0.15) is 5.21 Å². The zero-order valence-corrected chi connectivity index (χ0v) is 12.8. The molecule has 0 atom stereocenters. The van der Waals surface area contributed by atoms with Crippen LogP contribution in [0.4, 0.5) is 0 Å². The highest BCUT2D eigenvalue weighted by Gasteiger charge is 2.19. The van der Waals surface area contributed by atoms with Gasteiger partial charge < -0.3 is 0 Å². The maximum atomic E-state index is 12.3. The maximum Gasteiger partial charge on any atom is 0.471 e. The number of para-hydroxylation sites is 2. The lowest BCUT2D eigenvalue weighted by molar-refractivity contribution is -0.717. The van der Waals surface area contributed by atoms with Gasteiger partial charge in [0, 0.05) is 5.56 Å². The molecule has 0 radical (unpaired) electrons. The molecule has 1 aromatic heterocycles. The van der Waals surface area contributed by atoms with Crippen LogP contribution >= 0.6 is 0 Å². The molecule has 1 N–H and O–H groups in total. The summed E-state index contributed by atoms with van der Waals surface area (Å²) in [6.07, 6.45) is 0. The Morgan fingerprint density at radius 3 is 2.17 bits per heavy atom. The van der Waals surface area contributed by atoms with Crippen molar-refractivity contribution in [2.24, 2.45) is 0 Å². The molecule has 24 heavy (non-hydrogen) atoms. The minimum absolute atomic E-state index is 0.288. The third kappa shape index (κ3) is 2.52. The van der Waals surface area contributed by atoms with E-state index in [2.05, 4.69) is 10.3 Å². The monoisotopic (exact) mass is 315 g/mol. The van der Waals surface area contributed by atoms with E-state index in [1.54, 1.807) is 0 Å². The van der Waals surface area contributed by atoms with E-state index in [-0.39, 0.29) is 5.69 Å². The quantitative estimate of drug-likeness (QED) is 0.591. The van der Waals surface area contributed by atoms with Crippen LogP contribution in [0.3, 0.4) is 0 Å². The van der Waals surface area contributed by atoms with Crippen molar-refractivity contribution in [2.45, 2.75) is 0 Å². The van der Waals surface area contributed by atoms with Gasteiger partial charge in [0.05, 0.1) is 0 Å². The average Bonchev–Trinajstić information content (AvgIpc) is 3.05. The number of nitrogens with one attached hydrogen (secondary N) is 1. The summed E-state index contributed by atoms with van der Waals surface area (Å²) in [7, 11) is 0. The van der Waals surface area contributed by atoms with Crippen LogP contribution in [0.5, 0.6) is 0 Å². The van der Waals surface area contributed by atoms with Crippen LogP contribution in [0.25, 0.3) is 22.5 Å². The molecular weight excluding hydrogens is 300 g/mol. The van der Waals surface area contributed by atoms with Crippen molar-refractivity contribution in [2.75, 3.05) is 0 Å². The smallest absolute Gasteiger partial charge is 0.214 e. The molecule has 5 nitrogen and oxygen atoms in total. The van der Waals surface area contributed by atoms with Crippen molar-refractivity contribution in [1.82, 2.24) is 15.0 Å². The number of hydrogen-bond donors (Lipinski definition) is 1. The second-order valence-corrected chi connectivity index (χ2v) is 5.35. The fraction of sp³-hybridized carbons (Fsp3) is 0. The minimum atomic E-state index is -0.288. The lowest BCUT2D eigenvalue weighted by atomic mass is 10.0.